The molecule has 0 fully saturated rings. The van der Waals surface area contributed by atoms with E-state index in [1.807, 2.05) is 0 Å². The SMILES string of the molecule is CC(C)(C)C1=[C-]C(C)(C)c2cc3c(cc21)-c1cc2c(cc1C3)C(C)(C)C=C2C(C)(C)C.CC[C](=[Zr+2])c1ccccc1.CCc1cc(C(C)(C)C)c[cH-]1.[Cl-].[Cl-]. The Balaban J connectivity index is 0.000000281. The van der Waals surface area contributed by atoms with Gasteiger partial charge < -0.3 is 24.8 Å². The maximum atomic E-state index is 3.85. The molecule has 0 bridgehead atoms. The van der Waals surface area contributed by atoms with E-state index in [1.54, 1.807) is 3.21 Å². The van der Waals surface area contributed by atoms with Crippen LogP contribution < -0.4 is 24.8 Å². The number of hydrogen-bond acceptors (Lipinski definition) is 0. The van der Waals surface area contributed by atoms with Gasteiger partial charge in [0.15, 0.2) is 0 Å². The summed E-state index contributed by atoms with van der Waals surface area (Å²) in [6.45, 7) is 34.5. The van der Waals surface area contributed by atoms with E-state index >= 15 is 0 Å². The summed E-state index contributed by atoms with van der Waals surface area (Å²) < 4.78 is 1.55. The molecule has 0 heterocycles. The third kappa shape index (κ3) is 9.67. The van der Waals surface area contributed by atoms with E-state index in [1.165, 1.54) is 103 Å². The van der Waals surface area contributed by atoms with Gasteiger partial charge in [-0.1, -0.05) is 132 Å². The van der Waals surface area contributed by atoms with Crippen molar-refractivity contribution >= 4 is 14.4 Å². The summed E-state index contributed by atoms with van der Waals surface area (Å²) in [7, 11) is 0. The molecule has 4 aromatic rings. The monoisotopic (exact) mass is 836 g/mol. The van der Waals surface area contributed by atoms with E-state index < -0.39 is 0 Å². The molecule has 0 saturated heterocycles. The Kier molecular flexibility index (Phi) is 14.3. The van der Waals surface area contributed by atoms with Gasteiger partial charge in [-0.2, -0.15) is 28.8 Å². The Bertz CT molecular complexity index is 1930. The second-order valence-electron chi connectivity index (χ2n) is 19.5. The molecule has 0 amide bonds. The average Bonchev–Trinajstić information content (AvgIpc) is 3.81. The molecule has 0 N–H and O–H groups in total. The number of fused-ring (bicyclic) bond motifs is 5. The molecule has 0 radical (unpaired) electrons. The summed E-state index contributed by atoms with van der Waals surface area (Å²) >= 11 is 1.54. The van der Waals surface area contributed by atoms with Crippen LogP contribution in [0.4, 0.5) is 0 Å². The van der Waals surface area contributed by atoms with Gasteiger partial charge in [-0.15, -0.1) is 11.6 Å². The van der Waals surface area contributed by atoms with Gasteiger partial charge >= 0.3 is 76.7 Å². The van der Waals surface area contributed by atoms with Crippen molar-refractivity contribution in [3.8, 4) is 11.1 Å². The number of benzene rings is 3. The van der Waals surface area contributed by atoms with Crippen molar-refractivity contribution in [2.75, 3.05) is 0 Å². The van der Waals surface area contributed by atoms with Crippen molar-refractivity contribution in [1.29, 1.82) is 0 Å². The molecule has 3 heteroatoms. The molecule has 0 aromatic heterocycles. The van der Waals surface area contributed by atoms with Crippen molar-refractivity contribution in [2.45, 2.75) is 139 Å². The average molecular weight is 839 g/mol. The smallest absolute Gasteiger partial charge is 0.0543 e. The second-order valence-corrected chi connectivity index (χ2v) is 21.0. The van der Waals surface area contributed by atoms with Crippen LogP contribution in [0.15, 0.2) is 78.9 Å². The van der Waals surface area contributed by atoms with Gasteiger partial charge in [0.05, 0.1) is 0 Å². The van der Waals surface area contributed by atoms with Crippen molar-refractivity contribution in [1.82, 2.24) is 0 Å². The van der Waals surface area contributed by atoms with Gasteiger partial charge in [-0.3, -0.25) is 6.08 Å². The summed E-state index contributed by atoms with van der Waals surface area (Å²) in [4.78, 5) is 0. The third-order valence-electron chi connectivity index (χ3n) is 11.2. The molecule has 3 aliphatic carbocycles. The summed E-state index contributed by atoms with van der Waals surface area (Å²) in [6, 6.07) is 27.4. The number of aryl methyl sites for hydroxylation is 1. The Morgan fingerprint density at radius 2 is 1.26 bits per heavy atom. The minimum absolute atomic E-state index is 0. The van der Waals surface area contributed by atoms with Crippen LogP contribution in [0.1, 0.15) is 160 Å². The Morgan fingerprint density at radius 1 is 0.704 bits per heavy atom. The van der Waals surface area contributed by atoms with Crippen LogP contribution in [-0.4, -0.2) is 3.21 Å². The molecule has 3 aliphatic rings. The molecule has 0 aliphatic heterocycles. The van der Waals surface area contributed by atoms with Crippen LogP contribution in [-0.2, 0) is 53.3 Å². The first kappa shape index (κ1) is 46.2. The molecule has 0 unspecified atom stereocenters. The number of hydrogen-bond donors (Lipinski definition) is 0. The zero-order chi connectivity index (χ0) is 38.6. The largest absolute Gasteiger partial charge is 1.00 e. The van der Waals surface area contributed by atoms with Gasteiger partial charge in [0, 0.05) is 5.41 Å². The molecule has 7 rings (SSSR count). The number of allylic oxidation sites excluding steroid dienone is 4. The Hall–Kier alpha value is -2.18. The van der Waals surface area contributed by atoms with Crippen molar-refractivity contribution in [2.24, 2.45) is 10.8 Å². The van der Waals surface area contributed by atoms with E-state index in [2.05, 4.69) is 189 Å². The van der Waals surface area contributed by atoms with E-state index in [0.717, 1.165) is 12.8 Å². The third-order valence-corrected chi connectivity index (χ3v) is 12.7. The van der Waals surface area contributed by atoms with Gasteiger partial charge in [0.2, 0.25) is 0 Å². The minimum atomic E-state index is -0.0202. The van der Waals surface area contributed by atoms with E-state index in [-0.39, 0.29) is 46.5 Å². The summed E-state index contributed by atoms with van der Waals surface area (Å²) in [6.07, 6.45) is 9.74. The molecule has 288 valence electrons. The first-order valence-corrected chi connectivity index (χ1v) is 20.8. The van der Waals surface area contributed by atoms with Crippen LogP contribution in [0, 0.1) is 16.9 Å². The topological polar surface area (TPSA) is 0 Å². The van der Waals surface area contributed by atoms with E-state index in [0.29, 0.717) is 5.41 Å². The first-order valence-electron chi connectivity index (χ1n) is 19.6. The minimum Gasteiger partial charge on any atom is -1.00 e. The van der Waals surface area contributed by atoms with E-state index in [4.69, 9.17) is 0 Å². The van der Waals surface area contributed by atoms with Crippen molar-refractivity contribution < 1.29 is 49.0 Å². The zero-order valence-corrected chi connectivity index (χ0v) is 39.9. The fourth-order valence-corrected chi connectivity index (χ4v) is 8.38. The standard InChI is InChI=1S/C31H37.C11H17.C9H10.2ClH.Zr/c1-28(2,3)26-16-30(7,8)24-12-18-11-19-13-25-23(15-21(19)20(18)14-22(24)26)27(29(4,5)6)17-31(25,9)10;1-5-9-6-7-10(8-9)11(2,3)4;1-2-6-9-7-4-3-5-8-9;;;/h12-16H,11H2,1-10H3;6-8H,5H2,1-4H3;3-5,7-8H,2H2,1H3;2*1H;/q2*-1;;;;+2/p-2. The molecule has 0 nitrogen and oxygen atoms in total. The molecular weight excluding hydrogens is 775 g/mol. The predicted octanol–water partition coefficient (Wildman–Crippen LogP) is 7.94. The number of rotatable bonds is 3. The molecule has 0 saturated carbocycles. The van der Waals surface area contributed by atoms with Crippen molar-refractivity contribution in [3.63, 3.8) is 0 Å². The first-order chi connectivity index (χ1) is 24.0. The van der Waals surface area contributed by atoms with Gasteiger partial charge in [-0.05, 0) is 62.3 Å². The van der Waals surface area contributed by atoms with Crippen LogP contribution in [0.3, 0.4) is 0 Å². The van der Waals surface area contributed by atoms with Crippen molar-refractivity contribution in [3.05, 3.63) is 135 Å². The maximum Gasteiger partial charge on any atom is -0.0543 e. The van der Waals surface area contributed by atoms with Crippen LogP contribution in [0.2, 0.25) is 0 Å². The summed E-state index contributed by atoms with van der Waals surface area (Å²) in [5.41, 5.74) is 19.5. The molecular formula is C51H64Cl2Zr-2. The summed E-state index contributed by atoms with van der Waals surface area (Å²) in [5.74, 6) is 0. The van der Waals surface area contributed by atoms with E-state index in [9.17, 15) is 0 Å². The second kappa shape index (κ2) is 16.7. The van der Waals surface area contributed by atoms with Crippen LogP contribution >= 0.6 is 0 Å². The molecule has 4 aromatic carbocycles. The van der Waals surface area contributed by atoms with Crippen LogP contribution in [0.25, 0.3) is 22.3 Å². The van der Waals surface area contributed by atoms with Gasteiger partial charge in [0.1, 0.15) is 0 Å². The molecule has 0 spiro atoms. The normalized spacial score (nSPS) is 15.7. The fourth-order valence-electron chi connectivity index (χ4n) is 7.97. The van der Waals surface area contributed by atoms with Gasteiger partial charge in [-0.25, -0.2) is 11.6 Å². The Labute approximate surface area is 357 Å². The quantitative estimate of drug-likeness (QED) is 0.162. The molecule has 54 heavy (non-hydrogen) atoms. The van der Waals surface area contributed by atoms with Crippen LogP contribution in [0.5, 0.6) is 0 Å². The number of halogens is 2. The maximum absolute atomic E-state index is 3.85. The predicted molar refractivity (Wildman–Crippen MR) is 225 cm³/mol. The van der Waals surface area contributed by atoms with Gasteiger partial charge in [0.25, 0.3) is 0 Å². The molecule has 0 atom stereocenters. The zero-order valence-electron chi connectivity index (χ0n) is 35.9. The summed E-state index contributed by atoms with van der Waals surface area (Å²) in [5, 5.41) is 0. The Morgan fingerprint density at radius 3 is 1.72 bits per heavy atom. The fraction of sp³-hybridized carbons (Fsp3) is 0.451.